The Kier molecular flexibility index (Phi) is 4.74. The molecule has 5 nitrogen and oxygen atoms in total. The standard InChI is InChI=1S/C18H13BrF2N4O/c1-9(12-4-3-11(20)5-15(12)21)24-17-13-6-14(19)18(26)25(2)16(13)10(7-22)8-23-17/h3-6,8-9H,1-2H3,(H,23,24)/t9-/m1/s1. The number of halogens is 3. The molecule has 2 heterocycles. The normalized spacial score (nSPS) is 12.0. The lowest BCUT2D eigenvalue weighted by molar-refractivity contribution is 0.566. The first-order valence-electron chi connectivity index (χ1n) is 7.63. The van der Waals surface area contributed by atoms with Gasteiger partial charge in [0, 0.05) is 30.3 Å². The molecule has 26 heavy (non-hydrogen) atoms. The predicted molar refractivity (Wildman–Crippen MR) is 97.8 cm³/mol. The zero-order chi connectivity index (χ0) is 19.0. The van der Waals surface area contributed by atoms with Crippen molar-refractivity contribution >= 4 is 32.7 Å². The van der Waals surface area contributed by atoms with Crippen molar-refractivity contribution in [2.45, 2.75) is 13.0 Å². The summed E-state index contributed by atoms with van der Waals surface area (Å²) in [6, 6.07) is 6.43. The van der Waals surface area contributed by atoms with Gasteiger partial charge in [-0.2, -0.15) is 5.26 Å². The molecule has 0 aliphatic carbocycles. The fourth-order valence-electron chi connectivity index (χ4n) is 2.80. The van der Waals surface area contributed by atoms with Gasteiger partial charge in [0.2, 0.25) is 0 Å². The van der Waals surface area contributed by atoms with Crippen LogP contribution in [-0.4, -0.2) is 9.55 Å². The zero-order valence-corrected chi connectivity index (χ0v) is 15.4. The average molecular weight is 419 g/mol. The molecule has 3 rings (SSSR count). The van der Waals surface area contributed by atoms with Crippen molar-refractivity contribution < 1.29 is 8.78 Å². The summed E-state index contributed by atoms with van der Waals surface area (Å²) in [6.07, 6.45) is 1.35. The Balaban J connectivity index is 2.14. The van der Waals surface area contributed by atoms with Crippen molar-refractivity contribution in [2.24, 2.45) is 7.05 Å². The van der Waals surface area contributed by atoms with Gasteiger partial charge < -0.3 is 9.88 Å². The molecule has 1 atom stereocenters. The number of nitrogens with zero attached hydrogens (tertiary/aromatic N) is 3. The lowest BCUT2D eigenvalue weighted by Gasteiger charge is -2.18. The first-order chi connectivity index (χ1) is 12.3. The predicted octanol–water partition coefficient (Wildman–Crippen LogP) is 4.02. The van der Waals surface area contributed by atoms with Gasteiger partial charge in [0.1, 0.15) is 23.5 Å². The molecule has 2 aromatic heterocycles. The highest BCUT2D eigenvalue weighted by molar-refractivity contribution is 9.10. The van der Waals surface area contributed by atoms with Crippen molar-refractivity contribution in [3.05, 3.63) is 68.1 Å². The highest BCUT2D eigenvalue weighted by Gasteiger charge is 2.17. The van der Waals surface area contributed by atoms with Crippen LogP contribution in [0.3, 0.4) is 0 Å². The number of rotatable bonds is 3. The summed E-state index contributed by atoms with van der Waals surface area (Å²) in [7, 11) is 1.56. The van der Waals surface area contributed by atoms with Gasteiger partial charge in [-0.3, -0.25) is 4.79 Å². The summed E-state index contributed by atoms with van der Waals surface area (Å²) < 4.78 is 28.8. The Morgan fingerprint density at radius 3 is 2.73 bits per heavy atom. The molecule has 0 spiro atoms. The monoisotopic (exact) mass is 418 g/mol. The Hall–Kier alpha value is -2.79. The van der Waals surface area contributed by atoms with Crippen molar-refractivity contribution in [2.75, 3.05) is 5.32 Å². The Bertz CT molecular complexity index is 1120. The molecule has 0 radical (unpaired) electrons. The molecule has 0 amide bonds. The topological polar surface area (TPSA) is 70.7 Å². The van der Waals surface area contributed by atoms with E-state index in [0.717, 1.165) is 6.07 Å². The summed E-state index contributed by atoms with van der Waals surface area (Å²) >= 11 is 3.21. The summed E-state index contributed by atoms with van der Waals surface area (Å²) in [5.74, 6) is -0.942. The maximum absolute atomic E-state index is 14.0. The van der Waals surface area contributed by atoms with Crippen molar-refractivity contribution in [3.63, 3.8) is 0 Å². The highest BCUT2D eigenvalue weighted by Crippen LogP contribution is 2.29. The lowest BCUT2D eigenvalue weighted by Crippen LogP contribution is -2.19. The summed E-state index contributed by atoms with van der Waals surface area (Å²) in [6.45, 7) is 1.71. The van der Waals surface area contributed by atoms with Crippen LogP contribution < -0.4 is 10.9 Å². The van der Waals surface area contributed by atoms with Crippen LogP contribution >= 0.6 is 15.9 Å². The molecule has 0 aliphatic heterocycles. The fraction of sp³-hybridized carbons (Fsp3) is 0.167. The van der Waals surface area contributed by atoms with E-state index in [2.05, 4.69) is 26.2 Å². The first-order valence-corrected chi connectivity index (χ1v) is 8.42. The number of fused-ring (bicyclic) bond motifs is 1. The van der Waals surface area contributed by atoms with Crippen LogP contribution in [0, 0.1) is 23.0 Å². The van der Waals surface area contributed by atoms with Crippen LogP contribution in [0.4, 0.5) is 14.6 Å². The minimum Gasteiger partial charge on any atom is -0.363 e. The van der Waals surface area contributed by atoms with Crippen molar-refractivity contribution in [1.82, 2.24) is 9.55 Å². The molecule has 8 heteroatoms. The number of nitriles is 1. The van der Waals surface area contributed by atoms with Gasteiger partial charge in [-0.15, -0.1) is 0 Å². The maximum Gasteiger partial charge on any atom is 0.265 e. The molecule has 0 saturated carbocycles. The molecular formula is C18H13BrF2N4O. The number of aryl methyl sites for hydroxylation is 1. The molecule has 0 unspecified atom stereocenters. The van der Waals surface area contributed by atoms with E-state index in [1.165, 1.54) is 22.9 Å². The number of hydrogen-bond acceptors (Lipinski definition) is 4. The van der Waals surface area contributed by atoms with Gasteiger partial charge in [0.05, 0.1) is 21.6 Å². The number of aromatic nitrogens is 2. The molecule has 0 aliphatic rings. The van der Waals surface area contributed by atoms with E-state index >= 15 is 0 Å². The van der Waals surface area contributed by atoms with Crippen LogP contribution in [-0.2, 0) is 7.05 Å². The maximum atomic E-state index is 14.0. The van der Waals surface area contributed by atoms with Gasteiger partial charge in [-0.05, 0) is 35.0 Å². The second-order valence-electron chi connectivity index (χ2n) is 5.78. The Morgan fingerprint density at radius 2 is 2.08 bits per heavy atom. The third-order valence-corrected chi connectivity index (χ3v) is 4.67. The Labute approximate surface area is 156 Å². The van der Waals surface area contributed by atoms with Crippen LogP contribution in [0.1, 0.15) is 24.1 Å². The highest BCUT2D eigenvalue weighted by atomic mass is 79.9. The molecule has 3 aromatic rings. The molecule has 0 fully saturated rings. The van der Waals surface area contributed by atoms with E-state index in [9.17, 15) is 18.8 Å². The van der Waals surface area contributed by atoms with E-state index in [0.29, 0.717) is 21.2 Å². The second kappa shape index (κ2) is 6.84. The van der Waals surface area contributed by atoms with Gasteiger partial charge in [0.25, 0.3) is 5.56 Å². The van der Waals surface area contributed by atoms with E-state index in [1.54, 1.807) is 20.0 Å². The molecular weight excluding hydrogens is 406 g/mol. The minimum atomic E-state index is -0.670. The van der Waals surface area contributed by atoms with Crippen LogP contribution in [0.25, 0.3) is 10.9 Å². The van der Waals surface area contributed by atoms with Crippen LogP contribution in [0.2, 0.25) is 0 Å². The van der Waals surface area contributed by atoms with Crippen molar-refractivity contribution in [1.29, 1.82) is 5.26 Å². The van der Waals surface area contributed by atoms with Crippen LogP contribution in [0.15, 0.2) is 39.7 Å². The van der Waals surface area contributed by atoms with Gasteiger partial charge in [-0.1, -0.05) is 6.07 Å². The second-order valence-corrected chi connectivity index (χ2v) is 6.64. The lowest BCUT2D eigenvalue weighted by atomic mass is 10.1. The number of pyridine rings is 2. The van der Waals surface area contributed by atoms with Gasteiger partial charge >= 0.3 is 0 Å². The van der Waals surface area contributed by atoms with E-state index in [-0.39, 0.29) is 16.7 Å². The Morgan fingerprint density at radius 1 is 1.35 bits per heavy atom. The minimum absolute atomic E-state index is 0.248. The van der Waals surface area contributed by atoms with Crippen LogP contribution in [0.5, 0.6) is 0 Å². The average Bonchev–Trinajstić information content (AvgIpc) is 2.60. The summed E-state index contributed by atoms with van der Waals surface area (Å²) in [5, 5.41) is 12.9. The van der Waals surface area contributed by atoms with Gasteiger partial charge in [0.15, 0.2) is 0 Å². The molecule has 1 N–H and O–H groups in total. The number of nitrogens with one attached hydrogen (secondary N) is 1. The van der Waals surface area contributed by atoms with E-state index < -0.39 is 17.7 Å². The SMILES string of the molecule is C[C@@H](Nc1ncc(C#N)c2c1cc(Br)c(=O)n2C)c1ccc(F)cc1F. The summed E-state index contributed by atoms with van der Waals surface area (Å²) in [5.41, 5.74) is 0.654. The smallest absolute Gasteiger partial charge is 0.265 e. The summed E-state index contributed by atoms with van der Waals surface area (Å²) in [4.78, 5) is 16.4. The van der Waals surface area contributed by atoms with Crippen molar-refractivity contribution in [3.8, 4) is 6.07 Å². The van der Waals surface area contributed by atoms with E-state index in [4.69, 9.17) is 0 Å². The molecule has 0 saturated heterocycles. The third kappa shape index (κ3) is 3.06. The number of anilines is 1. The first kappa shape index (κ1) is 18.0. The largest absolute Gasteiger partial charge is 0.363 e. The zero-order valence-electron chi connectivity index (χ0n) is 13.8. The molecule has 132 valence electrons. The van der Waals surface area contributed by atoms with E-state index in [1.807, 2.05) is 6.07 Å². The van der Waals surface area contributed by atoms with Gasteiger partial charge in [-0.25, -0.2) is 13.8 Å². The number of hydrogen-bond donors (Lipinski definition) is 1. The quantitative estimate of drug-likeness (QED) is 0.697. The fourth-order valence-corrected chi connectivity index (χ4v) is 3.29. The molecule has 1 aromatic carbocycles. The number of benzene rings is 1. The third-order valence-electron chi connectivity index (χ3n) is 4.11. The molecule has 0 bridgehead atoms.